The number of para-hydroxylation sites is 2. The van der Waals surface area contributed by atoms with E-state index in [4.69, 9.17) is 4.74 Å². The van der Waals surface area contributed by atoms with E-state index in [1.165, 1.54) is 0 Å². The highest BCUT2D eigenvalue weighted by molar-refractivity contribution is 5.83. The van der Waals surface area contributed by atoms with E-state index < -0.39 is 5.97 Å². The number of carbonyl (C=O) groups excluding carboxylic acids is 2. The maximum Gasteiger partial charge on any atom is 0.325 e. The molecule has 19 heavy (non-hydrogen) atoms. The molecule has 1 N–H and O–H groups in total. The summed E-state index contributed by atoms with van der Waals surface area (Å²) in [4.78, 5) is 27.0. The van der Waals surface area contributed by atoms with Gasteiger partial charge in [0.25, 0.3) is 0 Å². The fourth-order valence-electron chi connectivity index (χ4n) is 1.73. The number of carbonyl (C=O) groups is 2. The van der Waals surface area contributed by atoms with Crippen molar-refractivity contribution in [2.24, 2.45) is 0 Å². The van der Waals surface area contributed by atoms with Crippen molar-refractivity contribution in [3.8, 4) is 0 Å². The molecule has 0 aliphatic heterocycles. The summed E-state index contributed by atoms with van der Waals surface area (Å²) in [6, 6.07) is 7.54. The van der Waals surface area contributed by atoms with Crippen molar-refractivity contribution in [2.75, 3.05) is 13.2 Å². The predicted octanol–water partition coefficient (Wildman–Crippen LogP) is 0.716. The summed E-state index contributed by atoms with van der Waals surface area (Å²) in [6.07, 6.45) is 1.61. The SMILES string of the molecule is CCOC(=O)CNC(=O)Cn1cnc2ccccc21. The summed E-state index contributed by atoms with van der Waals surface area (Å²) in [5.74, 6) is -0.692. The molecule has 0 spiro atoms. The van der Waals surface area contributed by atoms with Gasteiger partial charge in [0.2, 0.25) is 5.91 Å². The van der Waals surface area contributed by atoms with Crippen molar-refractivity contribution in [3.63, 3.8) is 0 Å². The van der Waals surface area contributed by atoms with Gasteiger partial charge in [-0.25, -0.2) is 4.98 Å². The van der Waals surface area contributed by atoms with Crippen LogP contribution in [-0.4, -0.2) is 34.6 Å². The Morgan fingerprint density at radius 1 is 1.37 bits per heavy atom. The highest BCUT2D eigenvalue weighted by Crippen LogP contribution is 2.11. The van der Waals surface area contributed by atoms with Crippen LogP contribution in [0.4, 0.5) is 0 Å². The lowest BCUT2D eigenvalue weighted by Crippen LogP contribution is -2.33. The van der Waals surface area contributed by atoms with Crippen molar-refractivity contribution in [1.82, 2.24) is 14.9 Å². The minimum Gasteiger partial charge on any atom is -0.465 e. The van der Waals surface area contributed by atoms with E-state index in [9.17, 15) is 9.59 Å². The van der Waals surface area contributed by atoms with Crippen molar-refractivity contribution in [1.29, 1.82) is 0 Å². The zero-order valence-corrected chi connectivity index (χ0v) is 10.6. The van der Waals surface area contributed by atoms with Gasteiger partial charge < -0.3 is 14.6 Å². The first-order valence-corrected chi connectivity index (χ1v) is 6.03. The largest absolute Gasteiger partial charge is 0.465 e. The number of esters is 1. The molecule has 1 amide bonds. The molecular formula is C13H15N3O3. The van der Waals surface area contributed by atoms with Gasteiger partial charge in [-0.3, -0.25) is 9.59 Å². The van der Waals surface area contributed by atoms with Crippen LogP contribution in [0.3, 0.4) is 0 Å². The number of amides is 1. The first-order valence-electron chi connectivity index (χ1n) is 6.03. The molecular weight excluding hydrogens is 246 g/mol. The van der Waals surface area contributed by atoms with Crippen LogP contribution >= 0.6 is 0 Å². The molecule has 2 rings (SSSR count). The Kier molecular flexibility index (Phi) is 4.12. The molecule has 6 heteroatoms. The Morgan fingerprint density at radius 2 is 2.16 bits per heavy atom. The molecule has 0 fully saturated rings. The molecule has 0 unspecified atom stereocenters. The lowest BCUT2D eigenvalue weighted by molar-refractivity contribution is -0.143. The van der Waals surface area contributed by atoms with Gasteiger partial charge in [-0.15, -0.1) is 0 Å². The van der Waals surface area contributed by atoms with Gasteiger partial charge in [0.05, 0.1) is 24.0 Å². The zero-order valence-electron chi connectivity index (χ0n) is 10.6. The van der Waals surface area contributed by atoms with E-state index >= 15 is 0 Å². The summed E-state index contributed by atoms with van der Waals surface area (Å²) in [7, 11) is 0. The minimum atomic E-state index is -0.439. The van der Waals surface area contributed by atoms with Crippen LogP contribution in [0.1, 0.15) is 6.92 Å². The minimum absolute atomic E-state index is 0.112. The van der Waals surface area contributed by atoms with E-state index in [0.717, 1.165) is 11.0 Å². The number of ether oxygens (including phenoxy) is 1. The van der Waals surface area contributed by atoms with Crippen LogP contribution in [-0.2, 0) is 20.9 Å². The maximum absolute atomic E-state index is 11.7. The summed E-state index contributed by atoms with van der Waals surface area (Å²) < 4.78 is 6.46. The average molecular weight is 261 g/mol. The van der Waals surface area contributed by atoms with Crippen LogP contribution < -0.4 is 5.32 Å². The molecule has 1 aromatic carbocycles. The standard InChI is InChI=1S/C13H15N3O3/c1-2-19-13(18)7-14-12(17)8-16-9-15-10-5-3-4-6-11(10)16/h3-6,9H,2,7-8H2,1H3,(H,14,17). The van der Waals surface area contributed by atoms with E-state index in [1.54, 1.807) is 17.8 Å². The summed E-state index contributed by atoms with van der Waals surface area (Å²) >= 11 is 0. The van der Waals surface area contributed by atoms with E-state index in [0.29, 0.717) is 6.61 Å². The molecule has 0 saturated heterocycles. The number of imidazole rings is 1. The number of fused-ring (bicyclic) bond motifs is 1. The quantitative estimate of drug-likeness (QED) is 0.805. The Bertz CT molecular complexity index is 592. The number of aromatic nitrogens is 2. The van der Waals surface area contributed by atoms with Gasteiger partial charge in [0, 0.05) is 0 Å². The average Bonchev–Trinajstić information content (AvgIpc) is 2.80. The van der Waals surface area contributed by atoms with Gasteiger partial charge in [0.1, 0.15) is 13.1 Å². The third-order valence-corrected chi connectivity index (χ3v) is 2.58. The number of hydrogen-bond donors (Lipinski definition) is 1. The zero-order chi connectivity index (χ0) is 13.7. The highest BCUT2D eigenvalue weighted by atomic mass is 16.5. The number of hydrogen-bond acceptors (Lipinski definition) is 4. The van der Waals surface area contributed by atoms with E-state index in [2.05, 4.69) is 10.3 Å². The summed E-state index contributed by atoms with van der Waals surface area (Å²) in [6.45, 7) is 2.04. The smallest absolute Gasteiger partial charge is 0.325 e. The molecule has 6 nitrogen and oxygen atoms in total. The van der Waals surface area contributed by atoms with Gasteiger partial charge in [-0.05, 0) is 19.1 Å². The second-order valence-electron chi connectivity index (χ2n) is 3.94. The van der Waals surface area contributed by atoms with Crippen LogP contribution in [0.15, 0.2) is 30.6 Å². The molecule has 1 aromatic heterocycles. The van der Waals surface area contributed by atoms with Gasteiger partial charge in [-0.1, -0.05) is 12.1 Å². The van der Waals surface area contributed by atoms with Crippen molar-refractivity contribution in [3.05, 3.63) is 30.6 Å². The lowest BCUT2D eigenvalue weighted by atomic mass is 10.3. The normalized spacial score (nSPS) is 10.4. The van der Waals surface area contributed by atoms with E-state index in [1.807, 2.05) is 24.3 Å². The fraction of sp³-hybridized carbons (Fsp3) is 0.308. The van der Waals surface area contributed by atoms with Gasteiger partial charge in [-0.2, -0.15) is 0 Å². The highest BCUT2D eigenvalue weighted by Gasteiger charge is 2.08. The van der Waals surface area contributed by atoms with Crippen LogP contribution in [0.2, 0.25) is 0 Å². The maximum atomic E-state index is 11.7. The molecule has 0 atom stereocenters. The Balaban J connectivity index is 1.94. The number of rotatable bonds is 5. The van der Waals surface area contributed by atoms with Crippen molar-refractivity contribution >= 4 is 22.9 Å². The van der Waals surface area contributed by atoms with Crippen LogP contribution in [0.25, 0.3) is 11.0 Å². The van der Waals surface area contributed by atoms with E-state index in [-0.39, 0.29) is 19.0 Å². The molecule has 0 radical (unpaired) electrons. The second-order valence-corrected chi connectivity index (χ2v) is 3.94. The van der Waals surface area contributed by atoms with Crippen molar-refractivity contribution in [2.45, 2.75) is 13.5 Å². The predicted molar refractivity (Wildman–Crippen MR) is 69.4 cm³/mol. The fourth-order valence-corrected chi connectivity index (χ4v) is 1.73. The lowest BCUT2D eigenvalue weighted by Gasteiger charge is -2.06. The third kappa shape index (κ3) is 3.31. The number of benzene rings is 1. The first-order chi connectivity index (χ1) is 9.20. The topological polar surface area (TPSA) is 73.2 Å². The molecule has 2 aromatic rings. The van der Waals surface area contributed by atoms with Crippen molar-refractivity contribution < 1.29 is 14.3 Å². The second kappa shape index (κ2) is 5.99. The summed E-state index contributed by atoms with van der Waals surface area (Å²) in [5, 5.41) is 2.51. The molecule has 1 heterocycles. The number of nitrogens with zero attached hydrogens (tertiary/aromatic N) is 2. The Labute approximate surface area is 110 Å². The first kappa shape index (κ1) is 13.1. The van der Waals surface area contributed by atoms with Gasteiger partial charge in [0.15, 0.2) is 0 Å². The van der Waals surface area contributed by atoms with Gasteiger partial charge >= 0.3 is 5.97 Å². The molecule has 0 bridgehead atoms. The molecule has 0 aliphatic rings. The van der Waals surface area contributed by atoms with Crippen LogP contribution in [0.5, 0.6) is 0 Å². The monoisotopic (exact) mass is 261 g/mol. The Hall–Kier alpha value is -2.37. The van der Waals surface area contributed by atoms with Crippen LogP contribution in [0, 0.1) is 0 Å². The molecule has 0 aliphatic carbocycles. The molecule has 100 valence electrons. The summed E-state index contributed by atoms with van der Waals surface area (Å²) in [5.41, 5.74) is 1.72. The molecule has 0 saturated carbocycles. The number of nitrogens with one attached hydrogen (secondary N) is 1. The Morgan fingerprint density at radius 3 is 2.95 bits per heavy atom. The third-order valence-electron chi connectivity index (χ3n) is 2.58.